The van der Waals surface area contributed by atoms with Crippen molar-refractivity contribution >= 4 is 34.4 Å². The van der Waals surface area contributed by atoms with Crippen molar-refractivity contribution in [3.05, 3.63) is 47.5 Å². The van der Waals surface area contributed by atoms with Gasteiger partial charge in [0, 0.05) is 5.69 Å². The number of anilines is 2. The molecule has 0 atom stereocenters. The SMILES string of the molecule is Nc1ccc(/N=N/c2ccc(Cl)c(N)c2)cc1. The minimum Gasteiger partial charge on any atom is -0.399 e. The number of rotatable bonds is 2. The average molecular weight is 247 g/mol. The normalized spacial score (nSPS) is 10.9. The van der Waals surface area contributed by atoms with Crippen molar-refractivity contribution in [3.8, 4) is 0 Å². The number of benzene rings is 2. The number of nitrogens with two attached hydrogens (primary N) is 2. The van der Waals surface area contributed by atoms with Crippen LogP contribution in [0.15, 0.2) is 52.7 Å². The Bertz CT molecular complexity index is 549. The summed E-state index contributed by atoms with van der Waals surface area (Å²) >= 11 is 5.80. The number of hydrogen-bond acceptors (Lipinski definition) is 4. The van der Waals surface area contributed by atoms with Crippen LogP contribution in [0.3, 0.4) is 0 Å². The summed E-state index contributed by atoms with van der Waals surface area (Å²) in [5.41, 5.74) is 13.8. The molecule has 0 aliphatic carbocycles. The Morgan fingerprint density at radius 1 is 0.824 bits per heavy atom. The molecule has 0 amide bonds. The van der Waals surface area contributed by atoms with Gasteiger partial charge < -0.3 is 11.5 Å². The summed E-state index contributed by atoms with van der Waals surface area (Å²) in [6.07, 6.45) is 0. The molecule has 0 aliphatic rings. The van der Waals surface area contributed by atoms with Gasteiger partial charge >= 0.3 is 0 Å². The summed E-state index contributed by atoms with van der Waals surface area (Å²) in [5, 5.41) is 8.62. The highest BCUT2D eigenvalue weighted by Gasteiger charge is 1.97. The van der Waals surface area contributed by atoms with Crippen LogP contribution in [0.2, 0.25) is 5.02 Å². The number of nitrogen functional groups attached to an aromatic ring is 2. The van der Waals surface area contributed by atoms with E-state index in [1.165, 1.54) is 0 Å². The quantitative estimate of drug-likeness (QED) is 0.622. The first-order valence-corrected chi connectivity index (χ1v) is 5.35. The molecule has 0 saturated carbocycles. The zero-order chi connectivity index (χ0) is 12.3. The largest absolute Gasteiger partial charge is 0.399 e. The summed E-state index contributed by atoms with van der Waals surface area (Å²) in [6, 6.07) is 12.2. The Balaban J connectivity index is 2.20. The zero-order valence-electron chi connectivity index (χ0n) is 8.97. The van der Waals surface area contributed by atoms with Crippen molar-refractivity contribution < 1.29 is 0 Å². The molecule has 4 nitrogen and oxygen atoms in total. The number of nitrogens with zero attached hydrogens (tertiary/aromatic N) is 2. The monoisotopic (exact) mass is 246 g/mol. The molecule has 5 heteroatoms. The number of azo groups is 1. The molecule has 0 bridgehead atoms. The lowest BCUT2D eigenvalue weighted by Crippen LogP contribution is -1.84. The minimum atomic E-state index is 0.487. The highest BCUT2D eigenvalue weighted by atomic mass is 35.5. The maximum Gasteiger partial charge on any atom is 0.0878 e. The molecule has 0 aromatic heterocycles. The molecule has 2 aromatic rings. The van der Waals surface area contributed by atoms with Gasteiger partial charge in [0.2, 0.25) is 0 Å². The molecular formula is C12H11ClN4. The average Bonchev–Trinajstić information content (AvgIpc) is 2.33. The van der Waals surface area contributed by atoms with Crippen LogP contribution in [0, 0.1) is 0 Å². The third-order valence-electron chi connectivity index (χ3n) is 2.15. The summed E-state index contributed by atoms with van der Waals surface area (Å²) in [7, 11) is 0. The predicted octanol–water partition coefficient (Wildman–Crippen LogP) is 3.92. The Labute approximate surface area is 104 Å². The second-order valence-corrected chi connectivity index (χ2v) is 3.90. The molecule has 0 unspecified atom stereocenters. The lowest BCUT2D eigenvalue weighted by atomic mass is 10.3. The van der Waals surface area contributed by atoms with Crippen LogP contribution in [0.25, 0.3) is 0 Å². The van der Waals surface area contributed by atoms with Gasteiger partial charge in [-0.25, -0.2) is 0 Å². The summed E-state index contributed by atoms with van der Waals surface area (Å²) in [4.78, 5) is 0. The second-order valence-electron chi connectivity index (χ2n) is 3.50. The van der Waals surface area contributed by atoms with E-state index >= 15 is 0 Å². The van der Waals surface area contributed by atoms with E-state index in [0.717, 1.165) is 5.69 Å². The topological polar surface area (TPSA) is 76.8 Å². The molecule has 2 aromatic carbocycles. The van der Waals surface area contributed by atoms with Crippen LogP contribution in [0.4, 0.5) is 22.7 Å². The standard InChI is InChI=1S/C12H11ClN4/c13-11-6-5-10(7-12(11)15)17-16-9-3-1-8(14)2-4-9/h1-7H,14-15H2/b17-16+. The van der Waals surface area contributed by atoms with Gasteiger partial charge in [0.25, 0.3) is 0 Å². The molecule has 2 rings (SSSR count). The third kappa shape index (κ3) is 2.95. The molecule has 0 fully saturated rings. The van der Waals surface area contributed by atoms with E-state index in [1.807, 2.05) is 0 Å². The van der Waals surface area contributed by atoms with Crippen molar-refractivity contribution in [2.75, 3.05) is 11.5 Å². The van der Waals surface area contributed by atoms with Gasteiger partial charge in [0.15, 0.2) is 0 Å². The number of hydrogen-bond donors (Lipinski definition) is 2. The molecule has 86 valence electrons. The van der Waals surface area contributed by atoms with Crippen LogP contribution < -0.4 is 11.5 Å². The van der Waals surface area contributed by atoms with E-state index in [-0.39, 0.29) is 0 Å². The molecular weight excluding hydrogens is 236 g/mol. The fraction of sp³-hybridized carbons (Fsp3) is 0. The minimum absolute atomic E-state index is 0.487. The van der Waals surface area contributed by atoms with Crippen LogP contribution in [-0.4, -0.2) is 0 Å². The molecule has 0 aliphatic heterocycles. The fourth-order valence-corrected chi connectivity index (χ4v) is 1.37. The van der Waals surface area contributed by atoms with Crippen molar-refractivity contribution in [2.24, 2.45) is 10.2 Å². The Kier molecular flexibility index (Phi) is 3.25. The molecule has 17 heavy (non-hydrogen) atoms. The smallest absolute Gasteiger partial charge is 0.0878 e. The highest BCUT2D eigenvalue weighted by Crippen LogP contribution is 2.25. The van der Waals surface area contributed by atoms with Gasteiger partial charge in [-0.3, -0.25) is 0 Å². The van der Waals surface area contributed by atoms with Crippen LogP contribution in [0.1, 0.15) is 0 Å². The van der Waals surface area contributed by atoms with E-state index in [2.05, 4.69) is 10.2 Å². The van der Waals surface area contributed by atoms with Gasteiger partial charge in [0.1, 0.15) is 0 Å². The van der Waals surface area contributed by atoms with E-state index < -0.39 is 0 Å². The third-order valence-corrected chi connectivity index (χ3v) is 2.50. The van der Waals surface area contributed by atoms with Crippen LogP contribution in [-0.2, 0) is 0 Å². The fourth-order valence-electron chi connectivity index (χ4n) is 1.25. The summed E-state index contributed by atoms with van der Waals surface area (Å²) < 4.78 is 0. The second kappa shape index (κ2) is 4.84. The van der Waals surface area contributed by atoms with Gasteiger partial charge in [0.05, 0.1) is 22.1 Å². The van der Waals surface area contributed by atoms with E-state index in [1.54, 1.807) is 42.5 Å². The zero-order valence-corrected chi connectivity index (χ0v) is 9.72. The Morgan fingerprint density at radius 3 is 2.06 bits per heavy atom. The first kappa shape index (κ1) is 11.4. The van der Waals surface area contributed by atoms with Crippen LogP contribution >= 0.6 is 11.6 Å². The van der Waals surface area contributed by atoms with Gasteiger partial charge in [-0.05, 0) is 42.5 Å². The van der Waals surface area contributed by atoms with Crippen molar-refractivity contribution in [1.82, 2.24) is 0 Å². The van der Waals surface area contributed by atoms with Crippen molar-refractivity contribution in [1.29, 1.82) is 0 Å². The highest BCUT2D eigenvalue weighted by molar-refractivity contribution is 6.33. The summed E-state index contributed by atoms with van der Waals surface area (Å²) in [5.74, 6) is 0. The van der Waals surface area contributed by atoms with Gasteiger partial charge in [-0.1, -0.05) is 11.6 Å². The maximum absolute atomic E-state index is 5.80. The van der Waals surface area contributed by atoms with Gasteiger partial charge in [-0.15, -0.1) is 0 Å². The molecule has 0 saturated heterocycles. The van der Waals surface area contributed by atoms with E-state index in [0.29, 0.717) is 22.1 Å². The first-order valence-electron chi connectivity index (χ1n) is 4.97. The molecule has 0 spiro atoms. The van der Waals surface area contributed by atoms with E-state index in [9.17, 15) is 0 Å². The maximum atomic E-state index is 5.80. The van der Waals surface area contributed by atoms with Crippen molar-refractivity contribution in [2.45, 2.75) is 0 Å². The lowest BCUT2D eigenvalue weighted by Gasteiger charge is -1.98. The predicted molar refractivity (Wildman–Crippen MR) is 70.9 cm³/mol. The Morgan fingerprint density at radius 2 is 1.41 bits per heavy atom. The van der Waals surface area contributed by atoms with Gasteiger partial charge in [-0.2, -0.15) is 10.2 Å². The van der Waals surface area contributed by atoms with Crippen LogP contribution in [0.5, 0.6) is 0 Å². The lowest BCUT2D eigenvalue weighted by molar-refractivity contribution is 1.23. The molecule has 0 radical (unpaired) electrons. The molecule has 4 N–H and O–H groups in total. The van der Waals surface area contributed by atoms with E-state index in [4.69, 9.17) is 23.1 Å². The van der Waals surface area contributed by atoms with Crippen molar-refractivity contribution in [3.63, 3.8) is 0 Å². The summed E-state index contributed by atoms with van der Waals surface area (Å²) in [6.45, 7) is 0. The molecule has 0 heterocycles. The number of halogens is 1. The Hall–Kier alpha value is -2.07. The first-order chi connectivity index (χ1) is 8.15.